The Morgan fingerprint density at radius 1 is 1.75 bits per heavy atom. The molecule has 1 rings (SSSR count). The van der Waals surface area contributed by atoms with Crippen LogP contribution < -0.4 is 26.9 Å². The molecule has 1 aromatic heterocycles. The molecule has 3 heteroatoms. The van der Waals surface area contributed by atoms with E-state index in [9.17, 15) is 0 Å². The Labute approximate surface area is 63.2 Å². The molecule has 1 aromatic rings. The summed E-state index contributed by atoms with van der Waals surface area (Å²) in [4.78, 5) is 2.24. The SMILES string of the molecule is C[I-]c1csc(N)c1. The predicted octanol–water partition coefficient (Wildman–Crippen LogP) is -1.78. The average molecular weight is 240 g/mol. The summed E-state index contributed by atoms with van der Waals surface area (Å²) in [7, 11) is 0. The molecule has 46 valence electrons. The van der Waals surface area contributed by atoms with Gasteiger partial charge < -0.3 is 0 Å². The molecular formula is C5H7INS-. The summed E-state index contributed by atoms with van der Waals surface area (Å²) in [5.74, 6) is 0. The van der Waals surface area contributed by atoms with Gasteiger partial charge in [-0.1, -0.05) is 0 Å². The van der Waals surface area contributed by atoms with E-state index in [1.807, 2.05) is 0 Å². The Bertz CT molecular complexity index is 173. The summed E-state index contributed by atoms with van der Waals surface area (Å²) in [6, 6.07) is 2.07. The number of thiophene rings is 1. The summed E-state index contributed by atoms with van der Waals surface area (Å²) < 4.78 is 1.45. The van der Waals surface area contributed by atoms with Crippen molar-refractivity contribution < 1.29 is 21.2 Å². The molecule has 0 aromatic carbocycles. The first-order chi connectivity index (χ1) is 3.83. The van der Waals surface area contributed by atoms with Crippen LogP contribution in [0.25, 0.3) is 0 Å². The molecule has 2 N–H and O–H groups in total. The standard InChI is InChI=1S/C5H7INS/c1-6-4-2-5(7)8-3-4/h2-3H,7H2,1H3/q-1. The number of hydrogen-bond donors (Lipinski definition) is 1. The molecule has 0 radical (unpaired) electrons. The molecule has 0 bridgehead atoms. The number of nitrogens with two attached hydrogens (primary N) is 1. The number of alkyl halides is 1. The van der Waals surface area contributed by atoms with E-state index in [2.05, 4.69) is 16.4 Å². The van der Waals surface area contributed by atoms with Crippen LogP contribution in [0, 0.1) is 3.57 Å². The second-order valence-corrected chi connectivity index (χ2v) is 4.62. The summed E-state index contributed by atoms with van der Waals surface area (Å²) in [6.45, 7) is 0. The van der Waals surface area contributed by atoms with Gasteiger partial charge in [-0.15, -0.1) is 0 Å². The minimum absolute atomic E-state index is 0.261. The van der Waals surface area contributed by atoms with Crippen molar-refractivity contribution >= 4 is 16.3 Å². The number of rotatable bonds is 1. The molecule has 0 aliphatic carbocycles. The van der Waals surface area contributed by atoms with Gasteiger partial charge in [0, 0.05) is 0 Å². The van der Waals surface area contributed by atoms with Crippen LogP contribution in [-0.4, -0.2) is 4.93 Å². The molecule has 8 heavy (non-hydrogen) atoms. The van der Waals surface area contributed by atoms with Crippen molar-refractivity contribution in [2.75, 3.05) is 10.7 Å². The maximum atomic E-state index is 5.49. The first kappa shape index (κ1) is 6.35. The fourth-order valence-corrected chi connectivity index (χ4v) is 3.03. The fraction of sp³-hybridized carbons (Fsp3) is 0.200. The van der Waals surface area contributed by atoms with Crippen molar-refractivity contribution in [2.24, 2.45) is 0 Å². The van der Waals surface area contributed by atoms with Crippen LogP contribution in [0.4, 0.5) is 5.00 Å². The summed E-state index contributed by atoms with van der Waals surface area (Å²) in [6.07, 6.45) is 0. The number of halogens is 1. The van der Waals surface area contributed by atoms with Crippen LogP contribution in [0.3, 0.4) is 0 Å². The number of anilines is 1. The molecule has 1 heterocycles. The van der Waals surface area contributed by atoms with Crippen molar-refractivity contribution in [3.63, 3.8) is 0 Å². The third-order valence-corrected chi connectivity index (χ3v) is 3.86. The zero-order chi connectivity index (χ0) is 5.98. The van der Waals surface area contributed by atoms with Gasteiger partial charge in [0.15, 0.2) is 0 Å². The predicted molar refractivity (Wildman–Crippen MR) is 33.4 cm³/mol. The van der Waals surface area contributed by atoms with Gasteiger partial charge in [0.2, 0.25) is 0 Å². The van der Waals surface area contributed by atoms with Gasteiger partial charge >= 0.3 is 63.2 Å². The van der Waals surface area contributed by atoms with Gasteiger partial charge in [-0.25, -0.2) is 0 Å². The van der Waals surface area contributed by atoms with E-state index in [1.54, 1.807) is 11.3 Å². The number of hydrogen-bond acceptors (Lipinski definition) is 2. The van der Waals surface area contributed by atoms with Crippen molar-refractivity contribution in [3.8, 4) is 0 Å². The molecule has 0 aliphatic heterocycles. The summed E-state index contributed by atoms with van der Waals surface area (Å²) in [5.41, 5.74) is 5.49. The summed E-state index contributed by atoms with van der Waals surface area (Å²) >= 11 is 1.89. The average Bonchev–Trinajstić information content (AvgIpc) is 2.14. The zero-order valence-corrected chi connectivity index (χ0v) is 7.49. The molecule has 0 fully saturated rings. The van der Waals surface area contributed by atoms with Gasteiger partial charge in [0.1, 0.15) is 0 Å². The fourth-order valence-electron chi connectivity index (χ4n) is 0.427. The van der Waals surface area contributed by atoms with Crippen molar-refractivity contribution in [3.05, 3.63) is 15.0 Å². The van der Waals surface area contributed by atoms with Crippen LogP contribution in [0.1, 0.15) is 0 Å². The van der Waals surface area contributed by atoms with E-state index in [-0.39, 0.29) is 21.2 Å². The van der Waals surface area contributed by atoms with Crippen LogP contribution in [0.5, 0.6) is 0 Å². The van der Waals surface area contributed by atoms with Crippen molar-refractivity contribution in [1.82, 2.24) is 0 Å². The molecule has 0 atom stereocenters. The van der Waals surface area contributed by atoms with Gasteiger partial charge in [-0.2, -0.15) is 0 Å². The van der Waals surface area contributed by atoms with Crippen molar-refractivity contribution in [2.45, 2.75) is 0 Å². The van der Waals surface area contributed by atoms with Gasteiger partial charge in [-0.05, 0) is 0 Å². The first-order valence-electron chi connectivity index (χ1n) is 2.16. The van der Waals surface area contributed by atoms with Gasteiger partial charge in [0.25, 0.3) is 0 Å². The third-order valence-electron chi connectivity index (χ3n) is 0.806. The van der Waals surface area contributed by atoms with Crippen LogP contribution in [-0.2, 0) is 0 Å². The van der Waals surface area contributed by atoms with E-state index in [1.165, 1.54) is 3.57 Å². The third kappa shape index (κ3) is 1.35. The molecule has 0 aliphatic rings. The van der Waals surface area contributed by atoms with E-state index in [0.717, 1.165) is 5.00 Å². The molecular weight excluding hydrogens is 233 g/mol. The molecule has 0 unspecified atom stereocenters. The Hall–Kier alpha value is 0.230. The Morgan fingerprint density at radius 3 is 2.75 bits per heavy atom. The number of nitrogen functional groups attached to an aromatic ring is 1. The molecule has 0 amide bonds. The second-order valence-electron chi connectivity index (χ2n) is 1.36. The Kier molecular flexibility index (Phi) is 2.13. The van der Waals surface area contributed by atoms with E-state index >= 15 is 0 Å². The molecule has 0 spiro atoms. The molecule has 0 saturated carbocycles. The Balaban J connectivity index is 2.84. The minimum atomic E-state index is 0.261. The zero-order valence-electron chi connectivity index (χ0n) is 4.52. The molecule has 1 nitrogen and oxygen atoms in total. The normalized spacial score (nSPS) is 10.1. The van der Waals surface area contributed by atoms with Gasteiger partial charge in [0.05, 0.1) is 0 Å². The monoisotopic (exact) mass is 240 g/mol. The van der Waals surface area contributed by atoms with Crippen LogP contribution in [0.15, 0.2) is 11.4 Å². The summed E-state index contributed by atoms with van der Waals surface area (Å²) in [5, 5.41) is 3.09. The second kappa shape index (κ2) is 2.68. The molecule has 0 saturated heterocycles. The first-order valence-corrected chi connectivity index (χ1v) is 6.28. The van der Waals surface area contributed by atoms with E-state index in [4.69, 9.17) is 5.73 Å². The van der Waals surface area contributed by atoms with E-state index < -0.39 is 0 Å². The topological polar surface area (TPSA) is 26.0 Å². The maximum absolute atomic E-state index is 5.49. The van der Waals surface area contributed by atoms with Gasteiger partial charge in [-0.3, -0.25) is 0 Å². The van der Waals surface area contributed by atoms with Crippen molar-refractivity contribution in [1.29, 1.82) is 0 Å². The van der Waals surface area contributed by atoms with Crippen LogP contribution in [0.2, 0.25) is 0 Å². The quantitative estimate of drug-likeness (QED) is 0.456. The Morgan fingerprint density at radius 2 is 2.50 bits per heavy atom. The van der Waals surface area contributed by atoms with Crippen LogP contribution >= 0.6 is 11.3 Å². The van der Waals surface area contributed by atoms with E-state index in [0.29, 0.717) is 0 Å².